The minimum Gasteiger partial charge on any atom is -0.484 e. The summed E-state index contributed by atoms with van der Waals surface area (Å²) in [4.78, 5) is 0. The minimum absolute atomic E-state index is 0.192. The zero-order chi connectivity index (χ0) is 14.6. The minimum atomic E-state index is -4.32. The molecule has 0 aliphatic heterocycles. The van der Waals surface area contributed by atoms with Gasteiger partial charge in [-0.15, -0.1) is 0 Å². The molecule has 0 heterocycles. The Labute approximate surface area is 115 Å². The summed E-state index contributed by atoms with van der Waals surface area (Å²) in [6.07, 6.45) is -4.32. The maximum absolute atomic E-state index is 12.0. The van der Waals surface area contributed by atoms with Crippen LogP contribution in [0.15, 0.2) is 48.5 Å². The molecule has 0 fully saturated rings. The summed E-state index contributed by atoms with van der Waals surface area (Å²) in [7, 11) is 0. The van der Waals surface area contributed by atoms with Crippen LogP contribution in [0, 0.1) is 6.92 Å². The molecular weight excluding hydrogens is 267 g/mol. The summed E-state index contributed by atoms with van der Waals surface area (Å²) >= 11 is 0. The molecule has 2 nitrogen and oxygen atoms in total. The first kappa shape index (κ1) is 14.2. The largest absolute Gasteiger partial charge is 0.484 e. The van der Waals surface area contributed by atoms with Crippen LogP contribution in [0.4, 0.5) is 24.5 Å². The van der Waals surface area contributed by atoms with Crippen molar-refractivity contribution in [3.05, 3.63) is 54.1 Å². The molecule has 0 aromatic heterocycles. The summed E-state index contributed by atoms with van der Waals surface area (Å²) in [5, 5.41) is 3.17. The van der Waals surface area contributed by atoms with Crippen molar-refractivity contribution in [3.8, 4) is 5.75 Å². The Hall–Kier alpha value is -2.17. The number of alkyl halides is 3. The quantitative estimate of drug-likeness (QED) is 0.878. The van der Waals surface area contributed by atoms with Gasteiger partial charge in [0.25, 0.3) is 0 Å². The molecule has 5 heteroatoms. The van der Waals surface area contributed by atoms with Crippen molar-refractivity contribution in [1.29, 1.82) is 0 Å². The van der Waals surface area contributed by atoms with Crippen LogP contribution >= 0.6 is 0 Å². The van der Waals surface area contributed by atoms with Crippen LogP contribution in [-0.4, -0.2) is 12.8 Å². The molecule has 0 aliphatic carbocycles. The topological polar surface area (TPSA) is 21.3 Å². The molecule has 20 heavy (non-hydrogen) atoms. The van der Waals surface area contributed by atoms with E-state index in [2.05, 4.69) is 10.1 Å². The van der Waals surface area contributed by atoms with Crippen molar-refractivity contribution >= 4 is 11.4 Å². The van der Waals surface area contributed by atoms with E-state index >= 15 is 0 Å². The van der Waals surface area contributed by atoms with Crippen LogP contribution in [0.1, 0.15) is 5.56 Å². The van der Waals surface area contributed by atoms with E-state index in [9.17, 15) is 13.2 Å². The standard InChI is InChI=1S/C15H14F3NO/c1-11-3-2-4-13(9-11)19-12-5-7-14(8-6-12)20-10-15(16,17)18/h2-9,19H,10H2,1H3. The molecule has 0 amide bonds. The Morgan fingerprint density at radius 1 is 1.00 bits per heavy atom. The highest BCUT2D eigenvalue weighted by Gasteiger charge is 2.28. The van der Waals surface area contributed by atoms with Crippen LogP contribution < -0.4 is 10.1 Å². The fraction of sp³-hybridized carbons (Fsp3) is 0.200. The van der Waals surface area contributed by atoms with Gasteiger partial charge in [0, 0.05) is 11.4 Å². The zero-order valence-electron chi connectivity index (χ0n) is 10.9. The van der Waals surface area contributed by atoms with Gasteiger partial charge < -0.3 is 10.1 Å². The normalized spacial score (nSPS) is 11.2. The van der Waals surface area contributed by atoms with Crippen LogP contribution in [0.25, 0.3) is 0 Å². The number of aryl methyl sites for hydroxylation is 1. The van der Waals surface area contributed by atoms with E-state index in [1.165, 1.54) is 12.1 Å². The van der Waals surface area contributed by atoms with Gasteiger partial charge in [0.15, 0.2) is 6.61 Å². The third kappa shape index (κ3) is 4.50. The molecule has 1 N–H and O–H groups in total. The highest BCUT2D eigenvalue weighted by molar-refractivity contribution is 5.60. The van der Waals surface area contributed by atoms with Gasteiger partial charge in [0.1, 0.15) is 5.75 Å². The first-order valence-corrected chi connectivity index (χ1v) is 6.06. The van der Waals surface area contributed by atoms with E-state index in [1.54, 1.807) is 12.1 Å². The van der Waals surface area contributed by atoms with E-state index < -0.39 is 12.8 Å². The highest BCUT2D eigenvalue weighted by Crippen LogP contribution is 2.22. The number of ether oxygens (including phenoxy) is 1. The van der Waals surface area contributed by atoms with E-state index in [1.807, 2.05) is 31.2 Å². The van der Waals surface area contributed by atoms with Gasteiger partial charge in [-0.3, -0.25) is 0 Å². The first-order chi connectivity index (χ1) is 9.42. The lowest BCUT2D eigenvalue weighted by Crippen LogP contribution is -2.19. The van der Waals surface area contributed by atoms with Crippen LogP contribution in [0.3, 0.4) is 0 Å². The fourth-order valence-electron chi connectivity index (χ4n) is 1.69. The molecule has 0 radical (unpaired) electrons. The van der Waals surface area contributed by atoms with Gasteiger partial charge in [-0.25, -0.2) is 0 Å². The molecular formula is C15H14F3NO. The Morgan fingerprint density at radius 3 is 2.30 bits per heavy atom. The van der Waals surface area contributed by atoms with Crippen LogP contribution in [0.5, 0.6) is 5.75 Å². The third-order valence-electron chi connectivity index (χ3n) is 2.56. The van der Waals surface area contributed by atoms with Gasteiger partial charge in [-0.1, -0.05) is 12.1 Å². The molecule has 0 aliphatic rings. The van der Waals surface area contributed by atoms with Crippen molar-refractivity contribution in [2.75, 3.05) is 11.9 Å². The third-order valence-corrected chi connectivity index (χ3v) is 2.56. The van der Waals surface area contributed by atoms with Crippen LogP contribution in [0.2, 0.25) is 0 Å². The smallest absolute Gasteiger partial charge is 0.422 e. The van der Waals surface area contributed by atoms with Crippen LogP contribution in [-0.2, 0) is 0 Å². The average molecular weight is 281 g/mol. The Morgan fingerprint density at radius 2 is 1.70 bits per heavy atom. The Kier molecular flexibility index (Phi) is 4.17. The van der Waals surface area contributed by atoms with Gasteiger partial charge in [-0.05, 0) is 48.9 Å². The molecule has 2 aromatic carbocycles. The summed E-state index contributed by atoms with van der Waals surface area (Å²) < 4.78 is 40.7. The number of hydrogen-bond donors (Lipinski definition) is 1. The Bertz CT molecular complexity index is 564. The van der Waals surface area contributed by atoms with Crippen molar-refractivity contribution < 1.29 is 17.9 Å². The predicted octanol–water partition coefficient (Wildman–Crippen LogP) is 4.68. The van der Waals surface area contributed by atoms with Gasteiger partial charge >= 0.3 is 6.18 Å². The summed E-state index contributed by atoms with van der Waals surface area (Å²) in [5.74, 6) is 0.192. The van der Waals surface area contributed by atoms with Gasteiger partial charge in [0.2, 0.25) is 0 Å². The lowest BCUT2D eigenvalue weighted by molar-refractivity contribution is -0.153. The van der Waals surface area contributed by atoms with E-state index in [0.29, 0.717) is 0 Å². The number of nitrogens with one attached hydrogen (secondary N) is 1. The maximum Gasteiger partial charge on any atom is 0.422 e. The first-order valence-electron chi connectivity index (χ1n) is 6.06. The van der Waals surface area contributed by atoms with Gasteiger partial charge in [0.05, 0.1) is 0 Å². The number of rotatable bonds is 4. The molecule has 0 unspecified atom stereocenters. The van der Waals surface area contributed by atoms with Gasteiger partial charge in [-0.2, -0.15) is 13.2 Å². The molecule has 0 spiro atoms. The van der Waals surface area contributed by atoms with Crippen molar-refractivity contribution in [3.63, 3.8) is 0 Å². The SMILES string of the molecule is Cc1cccc(Nc2ccc(OCC(F)(F)F)cc2)c1. The van der Waals surface area contributed by atoms with Crippen molar-refractivity contribution in [2.24, 2.45) is 0 Å². The number of hydrogen-bond acceptors (Lipinski definition) is 2. The zero-order valence-corrected chi connectivity index (χ0v) is 10.9. The summed E-state index contributed by atoms with van der Waals surface area (Å²) in [6.45, 7) is 0.705. The second-order valence-electron chi connectivity index (χ2n) is 4.42. The molecule has 0 atom stereocenters. The molecule has 0 saturated carbocycles. The second-order valence-corrected chi connectivity index (χ2v) is 4.42. The fourth-order valence-corrected chi connectivity index (χ4v) is 1.69. The predicted molar refractivity (Wildman–Crippen MR) is 72.5 cm³/mol. The van der Waals surface area contributed by atoms with Crippen molar-refractivity contribution in [2.45, 2.75) is 13.1 Å². The average Bonchev–Trinajstić information content (AvgIpc) is 2.37. The lowest BCUT2D eigenvalue weighted by atomic mass is 10.2. The molecule has 2 rings (SSSR count). The van der Waals surface area contributed by atoms with E-state index in [-0.39, 0.29) is 5.75 Å². The number of benzene rings is 2. The monoisotopic (exact) mass is 281 g/mol. The number of halogens is 3. The molecule has 0 saturated heterocycles. The molecule has 2 aromatic rings. The molecule has 106 valence electrons. The lowest BCUT2D eigenvalue weighted by Gasteiger charge is -2.10. The highest BCUT2D eigenvalue weighted by atomic mass is 19.4. The van der Waals surface area contributed by atoms with E-state index in [0.717, 1.165) is 16.9 Å². The molecule has 0 bridgehead atoms. The summed E-state index contributed by atoms with van der Waals surface area (Å²) in [5.41, 5.74) is 2.84. The Balaban J connectivity index is 1.98. The number of anilines is 2. The summed E-state index contributed by atoms with van der Waals surface area (Å²) in [6, 6.07) is 14.2. The van der Waals surface area contributed by atoms with Crippen molar-refractivity contribution in [1.82, 2.24) is 0 Å². The maximum atomic E-state index is 12.0. The van der Waals surface area contributed by atoms with E-state index in [4.69, 9.17) is 0 Å². The second kappa shape index (κ2) is 5.86.